The van der Waals surface area contributed by atoms with E-state index in [4.69, 9.17) is 0 Å². The lowest BCUT2D eigenvalue weighted by Crippen LogP contribution is -2.47. The van der Waals surface area contributed by atoms with Crippen LogP contribution in [0.2, 0.25) is 0 Å². The molecule has 1 amide bonds. The van der Waals surface area contributed by atoms with Gasteiger partial charge in [-0.1, -0.05) is 0 Å². The minimum absolute atomic E-state index is 0.127. The van der Waals surface area contributed by atoms with Gasteiger partial charge in [-0.15, -0.1) is 0 Å². The highest BCUT2D eigenvalue weighted by molar-refractivity contribution is 9.10. The quantitative estimate of drug-likeness (QED) is 0.786. The van der Waals surface area contributed by atoms with Crippen LogP contribution in [0.15, 0.2) is 16.7 Å². The van der Waals surface area contributed by atoms with Crippen molar-refractivity contribution in [2.24, 2.45) is 5.92 Å². The third-order valence-corrected chi connectivity index (χ3v) is 5.79. The SMILES string of the molecule is Cc1cc(Br)cnc1N1CCCC(C(=O)N2CCSCC2)C1. The summed E-state index contributed by atoms with van der Waals surface area (Å²) in [5, 5.41) is 0. The highest BCUT2D eigenvalue weighted by Gasteiger charge is 2.30. The lowest BCUT2D eigenvalue weighted by molar-refractivity contribution is -0.135. The third kappa shape index (κ3) is 3.59. The number of halogens is 1. The summed E-state index contributed by atoms with van der Waals surface area (Å²) in [6, 6.07) is 2.09. The van der Waals surface area contributed by atoms with E-state index in [9.17, 15) is 4.79 Å². The van der Waals surface area contributed by atoms with Crippen LogP contribution in [-0.4, -0.2) is 53.5 Å². The molecule has 0 bridgehead atoms. The molecule has 120 valence electrons. The van der Waals surface area contributed by atoms with E-state index in [1.165, 1.54) is 0 Å². The van der Waals surface area contributed by atoms with Crippen molar-refractivity contribution in [1.29, 1.82) is 0 Å². The molecule has 1 aromatic rings. The topological polar surface area (TPSA) is 36.4 Å². The van der Waals surface area contributed by atoms with Crippen LogP contribution in [0.1, 0.15) is 18.4 Å². The molecule has 1 unspecified atom stereocenters. The standard InChI is InChI=1S/C16H22BrN3OS/c1-12-9-14(17)10-18-15(12)20-4-2-3-13(11-20)16(21)19-5-7-22-8-6-19/h9-10,13H,2-8,11H2,1H3. The van der Waals surface area contributed by atoms with Crippen LogP contribution in [0.4, 0.5) is 5.82 Å². The second kappa shape index (κ2) is 7.21. The molecular formula is C16H22BrN3OS. The number of carbonyl (C=O) groups excluding carboxylic acids is 1. The van der Waals surface area contributed by atoms with Gasteiger partial charge >= 0.3 is 0 Å². The smallest absolute Gasteiger partial charge is 0.227 e. The van der Waals surface area contributed by atoms with Gasteiger partial charge in [0.05, 0.1) is 5.92 Å². The molecule has 2 aliphatic heterocycles. The van der Waals surface area contributed by atoms with Crippen molar-refractivity contribution in [3.8, 4) is 0 Å². The predicted molar refractivity (Wildman–Crippen MR) is 95.5 cm³/mol. The van der Waals surface area contributed by atoms with E-state index >= 15 is 0 Å². The van der Waals surface area contributed by atoms with Crippen LogP contribution in [0.5, 0.6) is 0 Å². The first kappa shape index (κ1) is 16.1. The van der Waals surface area contributed by atoms with Gasteiger partial charge in [0.15, 0.2) is 0 Å². The molecule has 2 fully saturated rings. The van der Waals surface area contributed by atoms with E-state index in [1.54, 1.807) is 0 Å². The maximum Gasteiger partial charge on any atom is 0.227 e. The monoisotopic (exact) mass is 383 g/mol. The largest absolute Gasteiger partial charge is 0.356 e. The van der Waals surface area contributed by atoms with E-state index in [-0.39, 0.29) is 5.92 Å². The maximum absolute atomic E-state index is 12.7. The molecule has 0 aromatic carbocycles. The maximum atomic E-state index is 12.7. The molecule has 3 heterocycles. The van der Waals surface area contributed by atoms with Crippen molar-refractivity contribution in [3.05, 3.63) is 22.3 Å². The molecule has 1 aromatic heterocycles. The van der Waals surface area contributed by atoms with Crippen molar-refractivity contribution in [2.75, 3.05) is 42.6 Å². The summed E-state index contributed by atoms with van der Waals surface area (Å²) in [4.78, 5) is 21.6. The fraction of sp³-hybridized carbons (Fsp3) is 0.625. The van der Waals surface area contributed by atoms with Crippen molar-refractivity contribution < 1.29 is 4.79 Å². The first-order valence-corrected chi connectivity index (χ1v) is 9.83. The van der Waals surface area contributed by atoms with Crippen LogP contribution in [0, 0.1) is 12.8 Å². The van der Waals surface area contributed by atoms with E-state index in [0.717, 1.165) is 66.4 Å². The fourth-order valence-corrected chi connectivity index (χ4v) is 4.63. The Labute approximate surface area is 144 Å². The van der Waals surface area contributed by atoms with Gasteiger partial charge in [0.1, 0.15) is 5.82 Å². The fourth-order valence-electron chi connectivity index (χ4n) is 3.28. The zero-order valence-electron chi connectivity index (χ0n) is 12.9. The molecule has 22 heavy (non-hydrogen) atoms. The van der Waals surface area contributed by atoms with Crippen LogP contribution >= 0.6 is 27.7 Å². The minimum Gasteiger partial charge on any atom is -0.356 e. The van der Waals surface area contributed by atoms with Crippen molar-refractivity contribution >= 4 is 39.4 Å². The number of anilines is 1. The summed E-state index contributed by atoms with van der Waals surface area (Å²) in [7, 11) is 0. The second-order valence-electron chi connectivity index (χ2n) is 6.02. The zero-order chi connectivity index (χ0) is 15.5. The molecule has 1 atom stereocenters. The van der Waals surface area contributed by atoms with Gasteiger partial charge in [-0.2, -0.15) is 11.8 Å². The molecule has 0 spiro atoms. The molecule has 0 aliphatic carbocycles. The third-order valence-electron chi connectivity index (χ3n) is 4.41. The highest BCUT2D eigenvalue weighted by Crippen LogP contribution is 2.27. The molecule has 4 nitrogen and oxygen atoms in total. The summed E-state index contributed by atoms with van der Waals surface area (Å²) in [6.07, 6.45) is 3.92. The molecule has 6 heteroatoms. The number of amides is 1. The number of rotatable bonds is 2. The zero-order valence-corrected chi connectivity index (χ0v) is 15.3. The molecule has 0 saturated carbocycles. The van der Waals surface area contributed by atoms with Crippen LogP contribution in [-0.2, 0) is 4.79 Å². The van der Waals surface area contributed by atoms with Crippen molar-refractivity contribution in [1.82, 2.24) is 9.88 Å². The normalized spacial score (nSPS) is 22.7. The number of hydrogen-bond acceptors (Lipinski definition) is 4. The highest BCUT2D eigenvalue weighted by atomic mass is 79.9. The average molecular weight is 384 g/mol. The number of nitrogens with zero attached hydrogens (tertiary/aromatic N) is 3. The van der Waals surface area contributed by atoms with Gasteiger partial charge in [0.2, 0.25) is 5.91 Å². The van der Waals surface area contributed by atoms with Crippen LogP contribution in [0.3, 0.4) is 0 Å². The summed E-state index contributed by atoms with van der Waals surface area (Å²) in [5.74, 6) is 3.65. The average Bonchev–Trinajstić information content (AvgIpc) is 2.55. The number of piperidine rings is 1. The summed E-state index contributed by atoms with van der Waals surface area (Å²) < 4.78 is 1.00. The predicted octanol–water partition coefficient (Wildman–Crippen LogP) is 2.94. The Balaban J connectivity index is 1.69. The number of pyridine rings is 1. The summed E-state index contributed by atoms with van der Waals surface area (Å²) in [6.45, 7) is 5.71. The van der Waals surface area contributed by atoms with Gasteiger partial charge in [0, 0.05) is 48.4 Å². The van der Waals surface area contributed by atoms with Crippen LogP contribution in [0.25, 0.3) is 0 Å². The molecular weight excluding hydrogens is 362 g/mol. The Morgan fingerprint density at radius 1 is 1.36 bits per heavy atom. The Morgan fingerprint density at radius 3 is 2.86 bits per heavy atom. The van der Waals surface area contributed by atoms with Crippen LogP contribution < -0.4 is 4.90 Å². The molecule has 2 aliphatic rings. The summed E-state index contributed by atoms with van der Waals surface area (Å²) in [5.41, 5.74) is 1.16. The van der Waals surface area contributed by atoms with E-state index in [0.29, 0.717) is 5.91 Å². The Morgan fingerprint density at radius 2 is 2.14 bits per heavy atom. The van der Waals surface area contributed by atoms with Gasteiger partial charge in [-0.3, -0.25) is 4.79 Å². The lowest BCUT2D eigenvalue weighted by Gasteiger charge is -2.37. The Kier molecular flexibility index (Phi) is 5.29. The summed E-state index contributed by atoms with van der Waals surface area (Å²) >= 11 is 5.41. The Bertz CT molecular complexity index is 548. The number of thioether (sulfide) groups is 1. The van der Waals surface area contributed by atoms with E-state index in [1.807, 2.05) is 18.0 Å². The molecule has 0 radical (unpaired) electrons. The van der Waals surface area contributed by atoms with Gasteiger partial charge < -0.3 is 9.80 Å². The second-order valence-corrected chi connectivity index (χ2v) is 8.16. The molecule has 0 N–H and O–H groups in total. The van der Waals surface area contributed by atoms with Crippen molar-refractivity contribution in [3.63, 3.8) is 0 Å². The van der Waals surface area contributed by atoms with Gasteiger partial charge in [-0.05, 0) is 47.3 Å². The van der Waals surface area contributed by atoms with Gasteiger partial charge in [0.25, 0.3) is 0 Å². The molecule has 2 saturated heterocycles. The number of aryl methyl sites for hydroxylation is 1. The van der Waals surface area contributed by atoms with Crippen molar-refractivity contribution in [2.45, 2.75) is 19.8 Å². The first-order valence-electron chi connectivity index (χ1n) is 7.89. The minimum atomic E-state index is 0.127. The van der Waals surface area contributed by atoms with E-state index < -0.39 is 0 Å². The number of aromatic nitrogens is 1. The Hall–Kier alpha value is -0.750. The first-order chi connectivity index (χ1) is 10.6. The lowest BCUT2D eigenvalue weighted by atomic mass is 9.96. The number of hydrogen-bond donors (Lipinski definition) is 0. The van der Waals surface area contributed by atoms with Gasteiger partial charge in [-0.25, -0.2) is 4.98 Å². The van der Waals surface area contributed by atoms with E-state index in [2.05, 4.69) is 43.7 Å². The number of carbonyl (C=O) groups is 1. The molecule has 3 rings (SSSR count).